The number of hydrogen-bond acceptors (Lipinski definition) is 4. The number of aromatic hydroxyl groups is 1. The van der Waals surface area contributed by atoms with Crippen LogP contribution in [-0.2, 0) is 16.0 Å². The average Bonchev–Trinajstić information content (AvgIpc) is 3.06. The molecule has 0 aromatic heterocycles. The lowest BCUT2D eigenvalue weighted by molar-refractivity contribution is 0.0536. The first-order valence-electron chi connectivity index (χ1n) is 8.60. The zero-order valence-electron chi connectivity index (χ0n) is 15.1. The Bertz CT molecular complexity index is 511. The van der Waals surface area contributed by atoms with Crippen molar-refractivity contribution in [3.63, 3.8) is 0 Å². The van der Waals surface area contributed by atoms with Crippen molar-refractivity contribution in [2.45, 2.75) is 19.9 Å². The van der Waals surface area contributed by atoms with E-state index in [0.29, 0.717) is 25.7 Å². The largest absolute Gasteiger partial charge is 0.508 e. The van der Waals surface area contributed by atoms with Gasteiger partial charge in [0, 0.05) is 32.7 Å². The van der Waals surface area contributed by atoms with E-state index in [0.717, 1.165) is 44.2 Å². The van der Waals surface area contributed by atoms with Crippen molar-refractivity contribution in [1.82, 2.24) is 10.2 Å². The summed E-state index contributed by atoms with van der Waals surface area (Å²) in [6.45, 7) is 7.58. The van der Waals surface area contributed by atoms with Crippen LogP contribution >= 0.6 is 24.0 Å². The number of likely N-dealkylation sites (tertiary alicyclic amines) is 1. The van der Waals surface area contributed by atoms with Gasteiger partial charge in [-0.05, 0) is 31.0 Å². The van der Waals surface area contributed by atoms with Crippen molar-refractivity contribution in [2.75, 3.05) is 46.6 Å². The highest BCUT2D eigenvalue weighted by Crippen LogP contribution is 2.17. The fourth-order valence-electron chi connectivity index (χ4n) is 2.75. The summed E-state index contributed by atoms with van der Waals surface area (Å²) in [4.78, 5) is 7.03. The Hall–Kier alpha value is -1.06. The molecule has 2 rings (SSSR count). The Labute approximate surface area is 167 Å². The Morgan fingerprint density at radius 3 is 2.76 bits per heavy atom. The lowest BCUT2D eigenvalue weighted by Gasteiger charge is -2.21. The van der Waals surface area contributed by atoms with Crippen molar-refractivity contribution in [2.24, 2.45) is 10.9 Å². The number of benzene rings is 1. The van der Waals surface area contributed by atoms with E-state index >= 15 is 0 Å². The van der Waals surface area contributed by atoms with Crippen LogP contribution in [0.3, 0.4) is 0 Å². The Morgan fingerprint density at radius 2 is 2.08 bits per heavy atom. The van der Waals surface area contributed by atoms with E-state index in [1.807, 2.05) is 12.1 Å². The first-order chi connectivity index (χ1) is 11.7. The molecule has 0 amide bonds. The van der Waals surface area contributed by atoms with Crippen LogP contribution in [0.2, 0.25) is 0 Å². The lowest BCUT2D eigenvalue weighted by Crippen LogP contribution is -2.40. The molecule has 7 heteroatoms. The molecule has 1 atom stereocenters. The van der Waals surface area contributed by atoms with Gasteiger partial charge in [0.2, 0.25) is 0 Å². The molecule has 1 aliphatic heterocycles. The summed E-state index contributed by atoms with van der Waals surface area (Å²) in [6.07, 6.45) is 1.12. The minimum atomic E-state index is 0. The SMILES string of the molecule is CCNC(=NCc1ccc(O)cc1)N1CCC(COCCOC)C1.I. The third kappa shape index (κ3) is 7.79. The van der Waals surface area contributed by atoms with Gasteiger partial charge in [-0.25, -0.2) is 4.99 Å². The van der Waals surface area contributed by atoms with Gasteiger partial charge >= 0.3 is 0 Å². The minimum Gasteiger partial charge on any atom is -0.508 e. The van der Waals surface area contributed by atoms with E-state index in [1.54, 1.807) is 19.2 Å². The second-order valence-corrected chi connectivity index (χ2v) is 6.01. The van der Waals surface area contributed by atoms with E-state index in [-0.39, 0.29) is 29.7 Å². The van der Waals surface area contributed by atoms with Gasteiger partial charge in [-0.1, -0.05) is 12.1 Å². The standard InChI is InChI=1S/C18H29N3O3.HI/c1-3-19-18(20-12-15-4-6-17(22)7-5-15)21-9-8-16(13-21)14-24-11-10-23-2;/h4-7,16,22H,3,8-14H2,1-2H3,(H,19,20);1H. The van der Waals surface area contributed by atoms with Crippen LogP contribution in [0.15, 0.2) is 29.3 Å². The first-order valence-corrected chi connectivity index (χ1v) is 8.60. The number of aliphatic imine (C=N–C) groups is 1. The summed E-state index contributed by atoms with van der Waals surface area (Å²) in [5.41, 5.74) is 1.09. The van der Waals surface area contributed by atoms with Crippen molar-refractivity contribution < 1.29 is 14.6 Å². The smallest absolute Gasteiger partial charge is 0.194 e. The van der Waals surface area contributed by atoms with Crippen LogP contribution in [-0.4, -0.2) is 62.5 Å². The van der Waals surface area contributed by atoms with Gasteiger partial charge in [0.25, 0.3) is 0 Å². The van der Waals surface area contributed by atoms with Gasteiger partial charge < -0.3 is 24.8 Å². The average molecular weight is 463 g/mol. The molecule has 0 radical (unpaired) electrons. The van der Waals surface area contributed by atoms with Crippen LogP contribution in [0.1, 0.15) is 18.9 Å². The number of halogens is 1. The highest BCUT2D eigenvalue weighted by molar-refractivity contribution is 14.0. The second kappa shape index (κ2) is 12.3. The molecule has 2 N–H and O–H groups in total. The molecule has 0 saturated carbocycles. The van der Waals surface area contributed by atoms with Crippen LogP contribution in [0.25, 0.3) is 0 Å². The molecule has 0 bridgehead atoms. The van der Waals surface area contributed by atoms with Gasteiger partial charge in [-0.2, -0.15) is 0 Å². The van der Waals surface area contributed by atoms with E-state index in [4.69, 9.17) is 14.5 Å². The zero-order chi connectivity index (χ0) is 17.2. The van der Waals surface area contributed by atoms with Crippen LogP contribution in [0, 0.1) is 5.92 Å². The molecule has 1 aromatic carbocycles. The molecular formula is C18H30IN3O3. The maximum atomic E-state index is 9.35. The first kappa shape index (κ1) is 22.0. The summed E-state index contributed by atoms with van der Waals surface area (Å²) < 4.78 is 10.6. The van der Waals surface area contributed by atoms with Crippen molar-refractivity contribution in [3.8, 4) is 5.75 Å². The molecule has 6 nitrogen and oxygen atoms in total. The third-order valence-electron chi connectivity index (χ3n) is 4.05. The number of nitrogens with zero attached hydrogens (tertiary/aromatic N) is 2. The molecule has 1 saturated heterocycles. The van der Waals surface area contributed by atoms with Crippen molar-refractivity contribution >= 4 is 29.9 Å². The Kier molecular flexibility index (Phi) is 10.8. The lowest BCUT2D eigenvalue weighted by atomic mass is 10.1. The number of nitrogens with one attached hydrogen (secondary N) is 1. The van der Waals surface area contributed by atoms with Gasteiger partial charge in [0.05, 0.1) is 26.4 Å². The zero-order valence-corrected chi connectivity index (χ0v) is 17.4. The van der Waals surface area contributed by atoms with Crippen LogP contribution in [0.4, 0.5) is 0 Å². The monoisotopic (exact) mass is 463 g/mol. The maximum absolute atomic E-state index is 9.35. The van der Waals surface area contributed by atoms with E-state index in [1.165, 1.54) is 0 Å². The summed E-state index contributed by atoms with van der Waals surface area (Å²) in [5, 5.41) is 12.7. The molecule has 1 unspecified atom stereocenters. The number of rotatable bonds is 8. The van der Waals surface area contributed by atoms with Crippen molar-refractivity contribution in [1.29, 1.82) is 0 Å². The number of phenols is 1. The molecular weight excluding hydrogens is 433 g/mol. The normalized spacial score (nSPS) is 17.4. The third-order valence-corrected chi connectivity index (χ3v) is 4.05. The van der Waals surface area contributed by atoms with Gasteiger partial charge in [0.1, 0.15) is 5.75 Å². The van der Waals surface area contributed by atoms with E-state index in [2.05, 4.69) is 17.1 Å². The minimum absolute atomic E-state index is 0. The topological polar surface area (TPSA) is 66.3 Å². The fourth-order valence-corrected chi connectivity index (χ4v) is 2.75. The number of methoxy groups -OCH3 is 1. The summed E-state index contributed by atoms with van der Waals surface area (Å²) in [6, 6.07) is 7.19. The van der Waals surface area contributed by atoms with E-state index in [9.17, 15) is 5.11 Å². The molecule has 0 aliphatic carbocycles. The quantitative estimate of drug-likeness (QED) is 0.269. The maximum Gasteiger partial charge on any atom is 0.194 e. The highest BCUT2D eigenvalue weighted by atomic mass is 127. The number of hydrogen-bond donors (Lipinski definition) is 2. The predicted octanol–water partition coefficient (Wildman–Crippen LogP) is 2.46. The van der Waals surface area contributed by atoms with Gasteiger partial charge in [-0.15, -0.1) is 24.0 Å². The molecule has 1 aromatic rings. The number of guanidine groups is 1. The summed E-state index contributed by atoms with van der Waals surface area (Å²) in [7, 11) is 1.69. The summed E-state index contributed by atoms with van der Waals surface area (Å²) >= 11 is 0. The van der Waals surface area contributed by atoms with Gasteiger partial charge in [0.15, 0.2) is 5.96 Å². The second-order valence-electron chi connectivity index (χ2n) is 6.01. The molecule has 142 valence electrons. The fraction of sp³-hybridized carbons (Fsp3) is 0.611. The van der Waals surface area contributed by atoms with Gasteiger partial charge in [-0.3, -0.25) is 0 Å². The van der Waals surface area contributed by atoms with Crippen LogP contribution in [0.5, 0.6) is 5.75 Å². The molecule has 1 aliphatic rings. The number of ether oxygens (including phenoxy) is 2. The molecule has 1 heterocycles. The summed E-state index contributed by atoms with van der Waals surface area (Å²) in [5.74, 6) is 1.77. The molecule has 1 fully saturated rings. The Morgan fingerprint density at radius 1 is 1.32 bits per heavy atom. The van der Waals surface area contributed by atoms with Crippen LogP contribution < -0.4 is 5.32 Å². The highest BCUT2D eigenvalue weighted by Gasteiger charge is 2.24. The van der Waals surface area contributed by atoms with Crippen molar-refractivity contribution in [3.05, 3.63) is 29.8 Å². The number of phenolic OH excluding ortho intramolecular Hbond substituents is 1. The Balaban J connectivity index is 0.00000312. The molecule has 0 spiro atoms. The molecule has 25 heavy (non-hydrogen) atoms. The predicted molar refractivity (Wildman–Crippen MR) is 111 cm³/mol. The van der Waals surface area contributed by atoms with E-state index < -0.39 is 0 Å².